The molecule has 0 bridgehead atoms. The van der Waals surface area contributed by atoms with Crippen molar-refractivity contribution in [3.05, 3.63) is 102 Å². The van der Waals surface area contributed by atoms with Crippen molar-refractivity contribution in [2.45, 2.75) is 29.9 Å². The zero-order chi connectivity index (χ0) is 24.5. The summed E-state index contributed by atoms with van der Waals surface area (Å²) in [4.78, 5) is 0.356. The van der Waals surface area contributed by atoms with Crippen molar-refractivity contribution >= 4 is 15.7 Å². The van der Waals surface area contributed by atoms with Crippen LogP contribution < -0.4 is 10.1 Å². The lowest BCUT2D eigenvalue weighted by Gasteiger charge is -2.38. The van der Waals surface area contributed by atoms with Crippen LogP contribution in [0.1, 0.15) is 35.1 Å². The number of morpholine rings is 1. The van der Waals surface area contributed by atoms with Gasteiger partial charge >= 0.3 is 0 Å². The molecule has 36 heavy (non-hydrogen) atoms. The summed E-state index contributed by atoms with van der Waals surface area (Å²) >= 11 is 0. The monoisotopic (exact) mass is 502 g/mol. The molecule has 0 saturated carbocycles. The number of benzene rings is 3. The van der Waals surface area contributed by atoms with Crippen LogP contribution in [0, 0.1) is 5.92 Å². The van der Waals surface area contributed by atoms with Crippen LogP contribution >= 0.6 is 0 Å². The van der Waals surface area contributed by atoms with Gasteiger partial charge in [-0.2, -0.15) is 4.31 Å². The van der Waals surface area contributed by atoms with Crippen molar-refractivity contribution in [3.8, 4) is 5.75 Å². The first-order valence-corrected chi connectivity index (χ1v) is 14.0. The fourth-order valence-electron chi connectivity index (χ4n) is 5.58. The third-order valence-corrected chi connectivity index (χ3v) is 9.33. The number of anilines is 1. The van der Waals surface area contributed by atoms with Crippen LogP contribution in [0.5, 0.6) is 5.75 Å². The Morgan fingerprint density at radius 1 is 0.944 bits per heavy atom. The molecule has 3 atom stereocenters. The van der Waals surface area contributed by atoms with E-state index in [1.807, 2.05) is 42.5 Å². The Morgan fingerprint density at radius 2 is 1.72 bits per heavy atom. The molecule has 1 aliphatic carbocycles. The van der Waals surface area contributed by atoms with Crippen molar-refractivity contribution in [2.24, 2.45) is 5.92 Å². The van der Waals surface area contributed by atoms with E-state index in [0.717, 1.165) is 34.5 Å². The largest absolute Gasteiger partial charge is 0.489 e. The molecule has 6 rings (SSSR count). The molecule has 3 aromatic carbocycles. The molecule has 0 amide bonds. The Hall–Kier alpha value is -3.13. The maximum atomic E-state index is 13.3. The van der Waals surface area contributed by atoms with Gasteiger partial charge in [-0.15, -0.1) is 0 Å². The van der Waals surface area contributed by atoms with Crippen molar-refractivity contribution < 1.29 is 17.9 Å². The number of sulfonamides is 1. The van der Waals surface area contributed by atoms with E-state index in [2.05, 4.69) is 41.7 Å². The van der Waals surface area contributed by atoms with Gasteiger partial charge in [0.25, 0.3) is 0 Å². The highest BCUT2D eigenvalue weighted by Crippen LogP contribution is 2.51. The van der Waals surface area contributed by atoms with E-state index in [4.69, 9.17) is 9.47 Å². The zero-order valence-corrected chi connectivity index (χ0v) is 20.9. The first-order valence-electron chi connectivity index (χ1n) is 12.5. The van der Waals surface area contributed by atoms with E-state index in [1.165, 1.54) is 4.31 Å². The topological polar surface area (TPSA) is 67.9 Å². The highest BCUT2D eigenvalue weighted by atomic mass is 32.2. The van der Waals surface area contributed by atoms with Crippen molar-refractivity contribution in [1.82, 2.24) is 4.31 Å². The summed E-state index contributed by atoms with van der Waals surface area (Å²) in [7, 11) is -3.55. The number of nitrogens with zero attached hydrogens (tertiary/aromatic N) is 1. The highest BCUT2D eigenvalue weighted by Gasteiger charge is 2.40. The molecule has 3 aliphatic rings. The number of nitrogens with one attached hydrogen (secondary N) is 1. The number of hydrogen-bond acceptors (Lipinski definition) is 5. The van der Waals surface area contributed by atoms with Gasteiger partial charge in [0.15, 0.2) is 0 Å². The summed E-state index contributed by atoms with van der Waals surface area (Å²) in [6.07, 6.45) is 5.38. The lowest BCUT2D eigenvalue weighted by atomic mass is 9.77. The number of ether oxygens (including phenoxy) is 2. The molecule has 0 radical (unpaired) electrons. The molecule has 2 heterocycles. The van der Waals surface area contributed by atoms with Gasteiger partial charge < -0.3 is 14.8 Å². The average molecular weight is 503 g/mol. The Labute approximate surface area is 212 Å². The summed E-state index contributed by atoms with van der Waals surface area (Å²) in [5.74, 6) is 1.30. The summed E-state index contributed by atoms with van der Waals surface area (Å²) in [5, 5.41) is 3.73. The third kappa shape index (κ3) is 4.32. The second kappa shape index (κ2) is 9.73. The maximum Gasteiger partial charge on any atom is 0.243 e. The van der Waals surface area contributed by atoms with Gasteiger partial charge in [0.1, 0.15) is 12.4 Å². The van der Waals surface area contributed by atoms with Gasteiger partial charge in [0.05, 0.1) is 24.2 Å². The molecule has 1 saturated heterocycles. The van der Waals surface area contributed by atoms with E-state index in [9.17, 15) is 8.42 Å². The Bertz CT molecular complexity index is 1370. The lowest BCUT2D eigenvalue weighted by Crippen LogP contribution is -2.40. The molecule has 186 valence electrons. The van der Waals surface area contributed by atoms with Crippen molar-refractivity contribution in [1.29, 1.82) is 0 Å². The molecule has 1 fully saturated rings. The molecule has 6 nitrogen and oxygen atoms in total. The Morgan fingerprint density at radius 3 is 2.56 bits per heavy atom. The summed E-state index contributed by atoms with van der Waals surface area (Å²) in [6, 6.07) is 24.0. The fraction of sp³-hybridized carbons (Fsp3) is 0.310. The fourth-order valence-corrected chi connectivity index (χ4v) is 7.02. The molecular formula is C29H30N2O4S. The third-order valence-electron chi connectivity index (χ3n) is 7.43. The van der Waals surface area contributed by atoms with Gasteiger partial charge in [-0.25, -0.2) is 8.42 Å². The van der Waals surface area contributed by atoms with Crippen molar-refractivity contribution in [2.75, 3.05) is 31.6 Å². The van der Waals surface area contributed by atoms with E-state index in [0.29, 0.717) is 37.8 Å². The highest BCUT2D eigenvalue weighted by molar-refractivity contribution is 7.89. The van der Waals surface area contributed by atoms with E-state index < -0.39 is 10.0 Å². The second-order valence-corrected chi connectivity index (χ2v) is 11.5. The predicted molar refractivity (Wildman–Crippen MR) is 140 cm³/mol. The van der Waals surface area contributed by atoms with Crippen LogP contribution in [0.2, 0.25) is 0 Å². The smallest absolute Gasteiger partial charge is 0.243 e. The summed E-state index contributed by atoms with van der Waals surface area (Å²) in [6.45, 7) is 2.17. The molecule has 1 N–H and O–H groups in total. The number of rotatable bonds is 6. The van der Waals surface area contributed by atoms with Gasteiger partial charge in [0, 0.05) is 30.3 Å². The first kappa shape index (κ1) is 23.3. The van der Waals surface area contributed by atoms with Crippen LogP contribution in [0.15, 0.2) is 89.8 Å². The lowest BCUT2D eigenvalue weighted by molar-refractivity contribution is 0.0730. The standard InChI is InChI=1S/C29H30N2O4S/c32-36(33,31-15-17-34-18-16-31)22-13-14-27-26(19-22)23-10-6-11-24(23)29(30-27)25-9-4-5-12-28(25)35-20-21-7-2-1-3-8-21/h1-10,12-14,19,23-24,29-30H,11,15-18,20H2. The van der Waals surface area contributed by atoms with Gasteiger partial charge in [0.2, 0.25) is 10.0 Å². The van der Waals surface area contributed by atoms with Crippen LogP contribution in [0.25, 0.3) is 0 Å². The Kier molecular flexibility index (Phi) is 6.29. The van der Waals surface area contributed by atoms with E-state index in [1.54, 1.807) is 6.07 Å². The van der Waals surface area contributed by atoms with Crippen LogP contribution in [0.4, 0.5) is 5.69 Å². The van der Waals surface area contributed by atoms with E-state index in [-0.39, 0.29) is 17.9 Å². The normalized spacial score (nSPS) is 23.5. The van der Waals surface area contributed by atoms with Crippen LogP contribution in [0.3, 0.4) is 0 Å². The second-order valence-electron chi connectivity index (χ2n) is 9.55. The number of fused-ring (bicyclic) bond motifs is 3. The number of allylic oxidation sites excluding steroid dienone is 2. The number of hydrogen-bond donors (Lipinski definition) is 1. The zero-order valence-electron chi connectivity index (χ0n) is 20.0. The minimum atomic E-state index is -3.55. The SMILES string of the molecule is O=S(=O)(c1ccc2c(c1)C1C=CCC1C(c1ccccc1OCc1ccccc1)N2)N1CCOCC1. The maximum absolute atomic E-state index is 13.3. The first-order chi connectivity index (χ1) is 17.6. The van der Waals surface area contributed by atoms with Gasteiger partial charge in [-0.05, 0) is 47.7 Å². The molecule has 2 aliphatic heterocycles. The minimum Gasteiger partial charge on any atom is -0.489 e. The molecule has 0 spiro atoms. The molecule has 3 unspecified atom stereocenters. The van der Waals surface area contributed by atoms with E-state index >= 15 is 0 Å². The predicted octanol–water partition coefficient (Wildman–Crippen LogP) is 5.11. The average Bonchev–Trinajstić information content (AvgIpc) is 3.43. The van der Waals surface area contributed by atoms with Gasteiger partial charge in [-0.1, -0.05) is 60.7 Å². The molecule has 0 aromatic heterocycles. The number of para-hydroxylation sites is 1. The van der Waals surface area contributed by atoms with Gasteiger partial charge in [-0.3, -0.25) is 0 Å². The quantitative estimate of drug-likeness (QED) is 0.475. The summed E-state index contributed by atoms with van der Waals surface area (Å²) in [5.41, 5.74) is 4.28. The molecule has 7 heteroatoms. The van der Waals surface area contributed by atoms with Crippen LogP contribution in [-0.4, -0.2) is 39.0 Å². The van der Waals surface area contributed by atoms with Crippen LogP contribution in [-0.2, 0) is 21.4 Å². The molecular weight excluding hydrogens is 472 g/mol. The Balaban J connectivity index is 1.30. The molecule has 3 aromatic rings. The minimum absolute atomic E-state index is 0.0613. The summed E-state index contributed by atoms with van der Waals surface area (Å²) < 4.78 is 39.8. The van der Waals surface area contributed by atoms with Crippen molar-refractivity contribution in [3.63, 3.8) is 0 Å².